The second kappa shape index (κ2) is 5.90. The van der Waals surface area contributed by atoms with Gasteiger partial charge in [-0.05, 0) is 22.9 Å². The second-order valence-electron chi connectivity index (χ2n) is 3.17. The van der Waals surface area contributed by atoms with Crippen LogP contribution in [0.4, 0.5) is 14.5 Å². The zero-order valence-electron chi connectivity index (χ0n) is 9.04. The molecule has 0 fully saturated rings. The predicted octanol–water partition coefficient (Wildman–Crippen LogP) is 2.47. The van der Waals surface area contributed by atoms with Crippen molar-refractivity contribution >= 4 is 27.6 Å². The van der Waals surface area contributed by atoms with Gasteiger partial charge < -0.3 is 10.5 Å². The van der Waals surface area contributed by atoms with Crippen molar-refractivity contribution in [3.05, 3.63) is 21.9 Å². The molecule has 2 N–H and O–H groups in total. The first-order chi connectivity index (χ1) is 7.97. The summed E-state index contributed by atoms with van der Waals surface area (Å²) in [4.78, 5) is 15.0. The number of esters is 1. The number of hydrogen-bond donors (Lipinski definition) is 1. The summed E-state index contributed by atoms with van der Waals surface area (Å²) in [6.45, 7) is 1.93. The van der Waals surface area contributed by atoms with E-state index in [9.17, 15) is 13.6 Å². The number of alkyl halides is 2. The van der Waals surface area contributed by atoms with E-state index in [2.05, 4.69) is 20.9 Å². The molecule has 0 saturated heterocycles. The molecule has 1 rings (SSSR count). The first-order valence-electron chi connectivity index (χ1n) is 4.83. The number of halogens is 3. The molecular weight excluding hydrogens is 298 g/mol. The van der Waals surface area contributed by atoms with Gasteiger partial charge in [-0.25, -0.2) is 8.78 Å². The van der Waals surface area contributed by atoms with E-state index < -0.39 is 12.4 Å². The highest BCUT2D eigenvalue weighted by molar-refractivity contribution is 9.10. The smallest absolute Gasteiger partial charge is 0.311 e. The van der Waals surface area contributed by atoms with E-state index in [0.29, 0.717) is 0 Å². The van der Waals surface area contributed by atoms with Crippen molar-refractivity contribution in [3.8, 4) is 0 Å². The molecule has 0 aliphatic carbocycles. The van der Waals surface area contributed by atoms with Crippen molar-refractivity contribution in [1.82, 2.24) is 4.98 Å². The molecule has 0 unspecified atom stereocenters. The molecule has 0 bridgehead atoms. The van der Waals surface area contributed by atoms with E-state index in [1.165, 1.54) is 0 Å². The Hall–Kier alpha value is -1.24. The van der Waals surface area contributed by atoms with Crippen LogP contribution in [0.3, 0.4) is 0 Å². The number of nitrogens with two attached hydrogens (primary N) is 1. The summed E-state index contributed by atoms with van der Waals surface area (Å²) in [6, 6.07) is 0. The maximum atomic E-state index is 12.5. The van der Waals surface area contributed by atoms with E-state index >= 15 is 0 Å². The predicted molar refractivity (Wildman–Crippen MR) is 61.6 cm³/mol. The molecule has 94 valence electrons. The number of carbonyl (C=O) groups is 1. The van der Waals surface area contributed by atoms with Gasteiger partial charge in [-0.1, -0.05) is 0 Å². The maximum Gasteiger partial charge on any atom is 0.311 e. The molecule has 0 aromatic carbocycles. The Morgan fingerprint density at radius 3 is 2.82 bits per heavy atom. The summed E-state index contributed by atoms with van der Waals surface area (Å²) in [5.74, 6) is -0.482. The molecule has 0 saturated carbocycles. The molecule has 1 aromatic heterocycles. The molecular formula is C10H11BrF2N2O2. The Labute approximate surface area is 105 Å². The molecule has 0 amide bonds. The van der Waals surface area contributed by atoms with Crippen LogP contribution >= 0.6 is 15.9 Å². The van der Waals surface area contributed by atoms with E-state index in [1.807, 2.05) is 0 Å². The van der Waals surface area contributed by atoms with Gasteiger partial charge in [0.15, 0.2) is 0 Å². The first-order valence-corrected chi connectivity index (χ1v) is 5.63. The lowest BCUT2D eigenvalue weighted by Crippen LogP contribution is -2.11. The first kappa shape index (κ1) is 13.8. The van der Waals surface area contributed by atoms with Crippen LogP contribution in [0.15, 0.2) is 10.7 Å². The van der Waals surface area contributed by atoms with E-state index in [0.717, 1.165) is 6.20 Å². The number of nitrogen functional groups attached to an aromatic ring is 1. The van der Waals surface area contributed by atoms with Gasteiger partial charge in [0.2, 0.25) is 0 Å². The van der Waals surface area contributed by atoms with Gasteiger partial charge in [-0.15, -0.1) is 0 Å². The van der Waals surface area contributed by atoms with Crippen LogP contribution in [0, 0.1) is 0 Å². The third-order valence-electron chi connectivity index (χ3n) is 2.01. The molecule has 4 nitrogen and oxygen atoms in total. The average molecular weight is 309 g/mol. The lowest BCUT2D eigenvalue weighted by atomic mass is 10.2. The number of carbonyl (C=O) groups excluding carboxylic acids is 1. The van der Waals surface area contributed by atoms with Gasteiger partial charge in [0, 0.05) is 6.20 Å². The molecule has 0 atom stereocenters. The van der Waals surface area contributed by atoms with Crippen LogP contribution in [0.2, 0.25) is 0 Å². The molecule has 1 aromatic rings. The lowest BCUT2D eigenvalue weighted by molar-refractivity contribution is -0.142. The van der Waals surface area contributed by atoms with Crippen molar-refractivity contribution in [2.24, 2.45) is 0 Å². The summed E-state index contributed by atoms with van der Waals surface area (Å²) in [6.07, 6.45) is -1.84. The minimum atomic E-state index is -2.70. The van der Waals surface area contributed by atoms with E-state index in [1.54, 1.807) is 6.92 Å². The number of pyridine rings is 1. The van der Waals surface area contributed by atoms with E-state index in [4.69, 9.17) is 10.5 Å². The van der Waals surface area contributed by atoms with Crippen LogP contribution in [-0.4, -0.2) is 17.6 Å². The average Bonchev–Trinajstić information content (AvgIpc) is 2.25. The molecule has 7 heteroatoms. The van der Waals surface area contributed by atoms with Crippen molar-refractivity contribution in [1.29, 1.82) is 0 Å². The third kappa shape index (κ3) is 3.36. The number of hydrogen-bond acceptors (Lipinski definition) is 4. The molecule has 0 radical (unpaired) electrons. The Morgan fingerprint density at radius 1 is 1.65 bits per heavy atom. The fourth-order valence-electron chi connectivity index (χ4n) is 1.20. The fourth-order valence-corrected chi connectivity index (χ4v) is 1.67. The summed E-state index contributed by atoms with van der Waals surface area (Å²) >= 11 is 3.05. The Balaban J connectivity index is 2.96. The molecule has 1 heterocycles. The van der Waals surface area contributed by atoms with Crippen LogP contribution < -0.4 is 5.73 Å². The number of rotatable bonds is 4. The van der Waals surface area contributed by atoms with Crippen molar-refractivity contribution in [3.63, 3.8) is 0 Å². The van der Waals surface area contributed by atoms with Gasteiger partial charge >= 0.3 is 5.97 Å². The number of nitrogens with zero attached hydrogens (tertiary/aromatic N) is 1. The standard InChI is InChI=1S/C10H11BrF2N2O2/c1-2-17-7(16)3-6-8(11)9(14)5(4-15-6)10(12)13/h4,10H,2-3H2,1H3,(H2,14,15). The second-order valence-corrected chi connectivity index (χ2v) is 3.96. The van der Waals surface area contributed by atoms with Gasteiger partial charge in [0.05, 0.1) is 34.4 Å². The summed E-state index contributed by atoms with van der Waals surface area (Å²) < 4.78 is 29.9. The summed E-state index contributed by atoms with van der Waals surface area (Å²) in [5.41, 5.74) is 5.34. The van der Waals surface area contributed by atoms with Crippen LogP contribution in [0.5, 0.6) is 0 Å². The largest absolute Gasteiger partial charge is 0.466 e. The van der Waals surface area contributed by atoms with Gasteiger partial charge in [-0.2, -0.15) is 0 Å². The van der Waals surface area contributed by atoms with E-state index in [-0.39, 0.29) is 34.4 Å². The van der Waals surface area contributed by atoms with Crippen molar-refractivity contribution < 1.29 is 18.3 Å². The quantitative estimate of drug-likeness (QED) is 0.868. The Morgan fingerprint density at radius 2 is 2.29 bits per heavy atom. The van der Waals surface area contributed by atoms with Crippen LogP contribution in [0.25, 0.3) is 0 Å². The molecule has 0 aliphatic heterocycles. The fraction of sp³-hybridized carbons (Fsp3) is 0.400. The van der Waals surface area contributed by atoms with Crippen LogP contribution in [0.1, 0.15) is 24.6 Å². The number of ether oxygens (including phenoxy) is 1. The topological polar surface area (TPSA) is 65.2 Å². The normalized spacial score (nSPS) is 10.6. The lowest BCUT2D eigenvalue weighted by Gasteiger charge is -2.10. The van der Waals surface area contributed by atoms with Gasteiger partial charge in [-0.3, -0.25) is 9.78 Å². The number of anilines is 1. The summed E-state index contributed by atoms with van der Waals surface area (Å²) in [7, 11) is 0. The third-order valence-corrected chi connectivity index (χ3v) is 2.90. The highest BCUT2D eigenvalue weighted by atomic mass is 79.9. The Kier molecular flexibility index (Phi) is 4.80. The highest BCUT2D eigenvalue weighted by Crippen LogP contribution is 2.32. The molecule has 0 spiro atoms. The zero-order valence-corrected chi connectivity index (χ0v) is 10.6. The molecule has 17 heavy (non-hydrogen) atoms. The minimum absolute atomic E-state index is 0.103. The van der Waals surface area contributed by atoms with Gasteiger partial charge in [0.25, 0.3) is 6.43 Å². The van der Waals surface area contributed by atoms with Gasteiger partial charge in [0.1, 0.15) is 0 Å². The number of aromatic nitrogens is 1. The van der Waals surface area contributed by atoms with Crippen LogP contribution in [-0.2, 0) is 16.0 Å². The molecule has 0 aliphatic rings. The monoisotopic (exact) mass is 308 g/mol. The SMILES string of the molecule is CCOC(=O)Cc1ncc(C(F)F)c(N)c1Br. The highest BCUT2D eigenvalue weighted by Gasteiger charge is 2.18. The minimum Gasteiger partial charge on any atom is -0.466 e. The maximum absolute atomic E-state index is 12.5. The Bertz CT molecular complexity index is 427. The zero-order chi connectivity index (χ0) is 13.0. The van der Waals surface area contributed by atoms with Crippen molar-refractivity contribution in [2.45, 2.75) is 19.8 Å². The van der Waals surface area contributed by atoms with Crippen molar-refractivity contribution in [2.75, 3.05) is 12.3 Å². The summed E-state index contributed by atoms with van der Waals surface area (Å²) in [5, 5.41) is 0.